The number of pyridine rings is 1. The first-order valence-electron chi connectivity index (χ1n) is 14.4. The highest BCUT2D eigenvalue weighted by molar-refractivity contribution is 6.29. The number of aromatic nitrogens is 5. The molecule has 0 aromatic carbocycles. The molecule has 11 heteroatoms. The number of carboxylic acid groups (broad SMARTS) is 1. The first kappa shape index (κ1) is 26.3. The topological polar surface area (TPSA) is 109 Å². The van der Waals surface area contributed by atoms with E-state index in [2.05, 4.69) is 20.6 Å². The van der Waals surface area contributed by atoms with Crippen molar-refractivity contribution in [1.82, 2.24) is 33.9 Å². The molecule has 1 aliphatic heterocycles. The third-order valence-corrected chi connectivity index (χ3v) is 9.28. The normalized spacial score (nSPS) is 22.3. The van der Waals surface area contributed by atoms with Crippen LogP contribution in [0.1, 0.15) is 62.4 Å². The number of halogens is 1. The molecular formula is C30H34ClN7O3. The summed E-state index contributed by atoms with van der Waals surface area (Å²) in [4.78, 5) is 38.8. The predicted octanol–water partition coefficient (Wildman–Crippen LogP) is 5.50. The Labute approximate surface area is 242 Å². The molecule has 0 spiro atoms. The molecule has 3 aliphatic rings. The van der Waals surface area contributed by atoms with Crippen molar-refractivity contribution in [3.8, 4) is 11.4 Å². The predicted molar refractivity (Wildman–Crippen MR) is 155 cm³/mol. The highest BCUT2D eigenvalue weighted by atomic mass is 35.5. The number of amides is 2. The largest absolute Gasteiger partial charge is 0.465 e. The molecule has 1 N–H and O–H groups in total. The third kappa shape index (κ3) is 4.26. The summed E-state index contributed by atoms with van der Waals surface area (Å²) < 4.78 is 3.91. The van der Waals surface area contributed by atoms with Gasteiger partial charge < -0.3 is 14.6 Å². The van der Waals surface area contributed by atoms with Gasteiger partial charge in [0, 0.05) is 42.0 Å². The zero-order chi connectivity index (χ0) is 28.8. The molecule has 10 nitrogen and oxygen atoms in total. The van der Waals surface area contributed by atoms with Crippen molar-refractivity contribution in [2.45, 2.75) is 77.5 Å². The van der Waals surface area contributed by atoms with E-state index in [0.717, 1.165) is 47.4 Å². The Balaban J connectivity index is 1.23. The van der Waals surface area contributed by atoms with Crippen LogP contribution >= 0.6 is 11.6 Å². The van der Waals surface area contributed by atoms with Crippen molar-refractivity contribution in [2.24, 2.45) is 11.8 Å². The van der Waals surface area contributed by atoms with Crippen LogP contribution in [-0.4, -0.2) is 75.2 Å². The minimum atomic E-state index is -0.937. The van der Waals surface area contributed by atoms with E-state index in [0.29, 0.717) is 28.8 Å². The van der Waals surface area contributed by atoms with Crippen molar-refractivity contribution in [3.63, 3.8) is 0 Å². The van der Waals surface area contributed by atoms with E-state index in [4.69, 9.17) is 16.7 Å². The molecule has 2 unspecified atom stereocenters. The lowest BCUT2D eigenvalue weighted by atomic mass is 9.98. The Hall–Kier alpha value is -3.66. The maximum Gasteiger partial charge on any atom is 0.408 e. The summed E-state index contributed by atoms with van der Waals surface area (Å²) in [5, 5.41) is 16.4. The van der Waals surface area contributed by atoms with Crippen LogP contribution in [0.2, 0.25) is 5.15 Å². The number of hydrogen-bond donors (Lipinski definition) is 1. The van der Waals surface area contributed by atoms with Gasteiger partial charge in [0.25, 0.3) is 5.91 Å². The second-order valence-corrected chi connectivity index (χ2v) is 13.3. The first-order chi connectivity index (χ1) is 19.5. The lowest BCUT2D eigenvalue weighted by Crippen LogP contribution is -2.55. The summed E-state index contributed by atoms with van der Waals surface area (Å²) in [7, 11) is 0. The van der Waals surface area contributed by atoms with Crippen LogP contribution in [0.25, 0.3) is 28.1 Å². The van der Waals surface area contributed by atoms with E-state index < -0.39 is 11.6 Å². The molecule has 4 aromatic heterocycles. The number of carbonyl (C=O) groups excluding carboxylic acids is 1. The Kier molecular flexibility index (Phi) is 5.87. The molecule has 7 rings (SSSR count). The Morgan fingerprint density at radius 1 is 1.15 bits per heavy atom. The van der Waals surface area contributed by atoms with Gasteiger partial charge in [0.05, 0.1) is 23.3 Å². The maximum atomic E-state index is 13.8. The summed E-state index contributed by atoms with van der Waals surface area (Å²) in [6.07, 6.45) is 6.57. The van der Waals surface area contributed by atoms with Crippen LogP contribution in [-0.2, 0) is 6.54 Å². The minimum Gasteiger partial charge on any atom is -0.465 e. The molecule has 214 valence electrons. The summed E-state index contributed by atoms with van der Waals surface area (Å²) in [5.74, 6) is 0.622. The van der Waals surface area contributed by atoms with Gasteiger partial charge in [-0.25, -0.2) is 19.3 Å². The highest BCUT2D eigenvalue weighted by Crippen LogP contribution is 2.44. The molecule has 3 fully saturated rings. The smallest absolute Gasteiger partial charge is 0.408 e. The van der Waals surface area contributed by atoms with Crippen molar-refractivity contribution in [3.05, 3.63) is 46.9 Å². The molecule has 2 saturated carbocycles. The van der Waals surface area contributed by atoms with Crippen LogP contribution in [0.4, 0.5) is 4.79 Å². The second-order valence-electron chi connectivity index (χ2n) is 12.9. The first-order valence-corrected chi connectivity index (χ1v) is 14.7. The number of rotatable bonds is 5. The van der Waals surface area contributed by atoms with E-state index in [-0.39, 0.29) is 23.9 Å². The third-order valence-electron chi connectivity index (χ3n) is 9.07. The van der Waals surface area contributed by atoms with Crippen molar-refractivity contribution < 1.29 is 14.7 Å². The summed E-state index contributed by atoms with van der Waals surface area (Å²) >= 11 is 6.26. The van der Waals surface area contributed by atoms with Crippen LogP contribution in [0.15, 0.2) is 30.6 Å². The SMILES string of the molecule is Cc1c(-c2cc3ccc(Cl)nc3n2CC2CC2)nn2cc(C(=O)N3CC4CCC3[C@@H]4N(C(=O)O)C(C)(C)C)cnc12. The molecule has 2 bridgehead atoms. The number of fused-ring (bicyclic) bond motifs is 4. The lowest BCUT2D eigenvalue weighted by molar-refractivity contribution is 0.0503. The number of likely N-dealkylation sites (tertiary alicyclic amines) is 1. The monoisotopic (exact) mass is 575 g/mol. The minimum absolute atomic E-state index is 0.130. The van der Waals surface area contributed by atoms with Crippen LogP contribution in [0.5, 0.6) is 0 Å². The van der Waals surface area contributed by atoms with Gasteiger partial charge in [-0.2, -0.15) is 5.10 Å². The summed E-state index contributed by atoms with van der Waals surface area (Å²) in [6.45, 7) is 9.14. The molecule has 5 heterocycles. The fourth-order valence-corrected chi connectivity index (χ4v) is 7.20. The molecular weight excluding hydrogens is 542 g/mol. The summed E-state index contributed by atoms with van der Waals surface area (Å²) in [5.41, 5.74) is 4.14. The van der Waals surface area contributed by atoms with Gasteiger partial charge >= 0.3 is 6.09 Å². The van der Waals surface area contributed by atoms with Gasteiger partial charge in [0.15, 0.2) is 5.65 Å². The zero-order valence-corrected chi connectivity index (χ0v) is 24.5. The van der Waals surface area contributed by atoms with Gasteiger partial charge in [-0.15, -0.1) is 0 Å². The average Bonchev–Trinajstić information content (AvgIpc) is 3.26. The Morgan fingerprint density at radius 3 is 2.63 bits per heavy atom. The van der Waals surface area contributed by atoms with Crippen LogP contribution in [0, 0.1) is 18.8 Å². The number of nitrogens with zero attached hydrogens (tertiary/aromatic N) is 7. The molecule has 2 amide bonds. The molecule has 1 saturated heterocycles. The van der Waals surface area contributed by atoms with Crippen LogP contribution in [0.3, 0.4) is 0 Å². The fraction of sp³-hybridized carbons (Fsp3) is 0.500. The molecule has 41 heavy (non-hydrogen) atoms. The van der Waals surface area contributed by atoms with E-state index in [1.165, 1.54) is 12.8 Å². The van der Waals surface area contributed by atoms with Crippen molar-refractivity contribution in [1.29, 1.82) is 0 Å². The summed E-state index contributed by atoms with van der Waals surface area (Å²) in [6, 6.07) is 5.54. The van der Waals surface area contributed by atoms with E-state index >= 15 is 0 Å². The maximum absolute atomic E-state index is 13.8. The Morgan fingerprint density at radius 2 is 1.93 bits per heavy atom. The average molecular weight is 576 g/mol. The molecule has 0 radical (unpaired) electrons. The van der Waals surface area contributed by atoms with Crippen LogP contribution < -0.4 is 0 Å². The Bertz CT molecular complexity index is 1720. The molecule has 2 aliphatic carbocycles. The lowest BCUT2D eigenvalue weighted by Gasteiger charge is -2.40. The van der Waals surface area contributed by atoms with E-state index in [9.17, 15) is 14.7 Å². The molecule has 3 atom stereocenters. The second kappa shape index (κ2) is 9.17. The number of hydrogen-bond acceptors (Lipinski definition) is 5. The van der Waals surface area contributed by atoms with E-state index in [1.54, 1.807) is 27.9 Å². The van der Waals surface area contributed by atoms with Gasteiger partial charge in [0.2, 0.25) is 0 Å². The van der Waals surface area contributed by atoms with Gasteiger partial charge in [-0.1, -0.05) is 11.6 Å². The quantitative estimate of drug-likeness (QED) is 0.315. The number of aryl methyl sites for hydroxylation is 1. The van der Waals surface area contributed by atoms with Gasteiger partial charge in [-0.3, -0.25) is 9.69 Å². The number of carbonyl (C=O) groups is 2. The molecule has 4 aromatic rings. The van der Waals surface area contributed by atoms with Gasteiger partial charge in [-0.05, 0) is 83.4 Å². The van der Waals surface area contributed by atoms with Gasteiger partial charge in [0.1, 0.15) is 16.5 Å². The van der Waals surface area contributed by atoms with Crippen molar-refractivity contribution >= 4 is 40.3 Å². The standard InChI is InChI=1S/C30H34ClN7O3/c1-16-24(22-11-18-8-10-23(31)33-27(18)35(22)13-17-5-6-17)34-37-15-20(12-32-26(16)37)28(39)36-14-19-7-9-21(36)25(19)38(29(40)41)30(2,3)4/h8,10-12,15,17,19,21,25H,5-7,9,13-14H2,1-4H3,(H,40,41)/t19?,21?,25-/m1/s1. The highest BCUT2D eigenvalue weighted by Gasteiger charge is 2.54. The fourth-order valence-electron chi connectivity index (χ4n) is 7.06. The van der Waals surface area contributed by atoms with Crippen molar-refractivity contribution in [2.75, 3.05) is 6.54 Å². The number of piperidine rings is 1. The zero-order valence-electron chi connectivity index (χ0n) is 23.7. The van der Waals surface area contributed by atoms with E-state index in [1.807, 2.05) is 38.7 Å².